The molecule has 1 rings (SSSR count). The summed E-state index contributed by atoms with van der Waals surface area (Å²) in [6.45, 7) is 2.28. The topological polar surface area (TPSA) is 43.1 Å². The summed E-state index contributed by atoms with van der Waals surface area (Å²) in [4.78, 5) is 11.8. The van der Waals surface area contributed by atoms with Crippen molar-refractivity contribution in [2.45, 2.75) is 122 Å². The Morgan fingerprint density at radius 3 is 1.71 bits per heavy atom. The van der Waals surface area contributed by atoms with Crippen molar-refractivity contribution >= 4 is 5.91 Å². The van der Waals surface area contributed by atoms with Gasteiger partial charge < -0.3 is 5.73 Å². The first-order chi connectivity index (χ1) is 11.8. The molecule has 0 aromatic heterocycles. The molecule has 1 amide bonds. The molecule has 0 aromatic rings. The molecule has 0 aliphatic heterocycles. The average Bonchev–Trinajstić information content (AvgIpc) is 2.59. The highest BCUT2D eigenvalue weighted by molar-refractivity contribution is 5.76. The van der Waals surface area contributed by atoms with Crippen LogP contribution >= 0.6 is 0 Å². The van der Waals surface area contributed by atoms with Gasteiger partial charge in [0.2, 0.25) is 5.91 Å². The highest BCUT2D eigenvalue weighted by Crippen LogP contribution is 2.32. The fourth-order valence-corrected chi connectivity index (χ4v) is 4.35. The molecular formula is C22H43NO. The van der Waals surface area contributed by atoms with E-state index in [1.165, 1.54) is 109 Å². The minimum Gasteiger partial charge on any atom is -0.369 e. The molecule has 1 unspecified atom stereocenters. The number of carbonyl (C=O) groups excluding carboxylic acids is 1. The first-order valence-corrected chi connectivity index (χ1v) is 11.0. The minimum atomic E-state index is -0.0371. The summed E-state index contributed by atoms with van der Waals surface area (Å²) in [5.74, 6) is 0.711. The van der Waals surface area contributed by atoms with Crippen LogP contribution in [0.4, 0.5) is 0 Å². The summed E-state index contributed by atoms with van der Waals surface area (Å²) in [7, 11) is 0. The van der Waals surface area contributed by atoms with Crippen LogP contribution in [0.1, 0.15) is 122 Å². The lowest BCUT2D eigenvalue weighted by molar-refractivity contribution is -0.124. The van der Waals surface area contributed by atoms with Crippen LogP contribution in [0, 0.1) is 11.8 Å². The van der Waals surface area contributed by atoms with Crippen molar-refractivity contribution in [2.24, 2.45) is 17.6 Å². The Morgan fingerprint density at radius 1 is 0.792 bits per heavy atom. The average molecular weight is 338 g/mol. The monoisotopic (exact) mass is 337 g/mol. The molecule has 2 heteroatoms. The molecule has 1 fully saturated rings. The quantitative estimate of drug-likeness (QED) is 0.330. The summed E-state index contributed by atoms with van der Waals surface area (Å²) in [5.41, 5.74) is 5.67. The predicted molar refractivity (Wildman–Crippen MR) is 105 cm³/mol. The highest BCUT2D eigenvalue weighted by Gasteiger charge is 2.27. The summed E-state index contributed by atoms with van der Waals surface area (Å²) in [6.07, 6.45) is 23.9. The fraction of sp³-hybridized carbons (Fsp3) is 0.955. The van der Waals surface area contributed by atoms with Crippen molar-refractivity contribution in [2.75, 3.05) is 0 Å². The molecule has 1 aliphatic rings. The van der Waals surface area contributed by atoms with Crippen molar-refractivity contribution in [3.63, 3.8) is 0 Å². The number of rotatable bonds is 15. The van der Waals surface area contributed by atoms with Gasteiger partial charge in [-0.05, 0) is 25.2 Å². The van der Waals surface area contributed by atoms with Gasteiger partial charge in [0, 0.05) is 5.92 Å². The zero-order chi connectivity index (χ0) is 17.5. The molecule has 0 radical (unpaired) electrons. The molecule has 1 saturated carbocycles. The van der Waals surface area contributed by atoms with E-state index in [1.54, 1.807) is 0 Å². The van der Waals surface area contributed by atoms with Gasteiger partial charge in [-0.3, -0.25) is 4.79 Å². The van der Waals surface area contributed by atoms with Crippen molar-refractivity contribution in [3.05, 3.63) is 0 Å². The number of unbranched alkanes of at least 4 members (excludes halogenated alkanes) is 11. The third-order valence-electron chi connectivity index (χ3n) is 5.95. The van der Waals surface area contributed by atoms with Crippen molar-refractivity contribution in [1.82, 2.24) is 0 Å². The minimum absolute atomic E-state index is 0.0371. The third kappa shape index (κ3) is 10.4. The Hall–Kier alpha value is -0.530. The van der Waals surface area contributed by atoms with Gasteiger partial charge in [0.05, 0.1) is 0 Å². The predicted octanol–water partition coefficient (Wildman–Crippen LogP) is 6.76. The van der Waals surface area contributed by atoms with Gasteiger partial charge in [-0.2, -0.15) is 0 Å². The molecule has 0 heterocycles. The second-order valence-corrected chi connectivity index (χ2v) is 8.08. The molecule has 2 nitrogen and oxygen atoms in total. The molecule has 1 atom stereocenters. The highest BCUT2D eigenvalue weighted by atomic mass is 16.1. The van der Waals surface area contributed by atoms with Crippen LogP contribution in [-0.4, -0.2) is 5.91 Å². The number of nitrogens with two attached hydrogens (primary N) is 1. The van der Waals surface area contributed by atoms with E-state index in [4.69, 9.17) is 5.73 Å². The molecule has 0 saturated heterocycles. The van der Waals surface area contributed by atoms with Crippen LogP contribution in [-0.2, 0) is 4.79 Å². The molecule has 0 spiro atoms. The van der Waals surface area contributed by atoms with Gasteiger partial charge in [-0.1, -0.05) is 103 Å². The van der Waals surface area contributed by atoms with Crippen LogP contribution in [0.3, 0.4) is 0 Å². The lowest BCUT2D eigenvalue weighted by atomic mass is 9.77. The fourth-order valence-electron chi connectivity index (χ4n) is 4.35. The molecule has 2 N–H and O–H groups in total. The Morgan fingerprint density at radius 2 is 1.25 bits per heavy atom. The van der Waals surface area contributed by atoms with Crippen LogP contribution in [0.5, 0.6) is 0 Å². The molecule has 142 valence electrons. The second-order valence-electron chi connectivity index (χ2n) is 8.08. The van der Waals surface area contributed by atoms with Crippen molar-refractivity contribution in [1.29, 1.82) is 0 Å². The summed E-state index contributed by atoms with van der Waals surface area (Å²) in [5, 5.41) is 0. The van der Waals surface area contributed by atoms with Crippen LogP contribution in [0.15, 0.2) is 0 Å². The molecule has 0 aromatic carbocycles. The number of hydrogen-bond acceptors (Lipinski definition) is 1. The number of carbonyl (C=O) groups is 1. The Kier molecular flexibility index (Phi) is 13.3. The Labute approximate surface area is 151 Å². The van der Waals surface area contributed by atoms with E-state index in [0.29, 0.717) is 5.92 Å². The smallest absolute Gasteiger partial charge is 0.220 e. The summed E-state index contributed by atoms with van der Waals surface area (Å²) >= 11 is 0. The van der Waals surface area contributed by atoms with Crippen molar-refractivity contribution < 1.29 is 4.79 Å². The van der Waals surface area contributed by atoms with E-state index < -0.39 is 0 Å². The third-order valence-corrected chi connectivity index (χ3v) is 5.95. The molecule has 1 aliphatic carbocycles. The van der Waals surface area contributed by atoms with Gasteiger partial charge in [-0.15, -0.1) is 0 Å². The van der Waals surface area contributed by atoms with Gasteiger partial charge in [-0.25, -0.2) is 0 Å². The normalized spacial score (nSPS) is 17.0. The zero-order valence-electron chi connectivity index (χ0n) is 16.4. The first kappa shape index (κ1) is 21.5. The van der Waals surface area contributed by atoms with Crippen LogP contribution in [0.25, 0.3) is 0 Å². The van der Waals surface area contributed by atoms with E-state index in [1.807, 2.05) is 0 Å². The van der Waals surface area contributed by atoms with Crippen LogP contribution in [0.2, 0.25) is 0 Å². The summed E-state index contributed by atoms with van der Waals surface area (Å²) in [6, 6.07) is 0. The van der Waals surface area contributed by atoms with Crippen LogP contribution < -0.4 is 5.73 Å². The van der Waals surface area contributed by atoms with Gasteiger partial charge in [0.1, 0.15) is 0 Å². The van der Waals surface area contributed by atoms with E-state index in [9.17, 15) is 4.79 Å². The standard InChI is InChI=1S/C22H43NO/c1-2-3-4-5-6-7-8-9-10-11-12-16-19-21(22(23)24)20-17-14-13-15-18-20/h20-21H,2-19H2,1H3,(H2,23,24). The SMILES string of the molecule is CCCCCCCCCCCCCCC(C(N)=O)C1CCCCC1. The van der Waals surface area contributed by atoms with E-state index in [0.717, 1.165) is 6.42 Å². The van der Waals surface area contributed by atoms with E-state index in [2.05, 4.69) is 6.92 Å². The molecule has 24 heavy (non-hydrogen) atoms. The van der Waals surface area contributed by atoms with Crippen molar-refractivity contribution in [3.8, 4) is 0 Å². The maximum atomic E-state index is 11.8. The maximum absolute atomic E-state index is 11.8. The van der Waals surface area contributed by atoms with Gasteiger partial charge in [0.25, 0.3) is 0 Å². The number of amides is 1. The van der Waals surface area contributed by atoms with E-state index in [-0.39, 0.29) is 11.8 Å². The zero-order valence-corrected chi connectivity index (χ0v) is 16.4. The number of hydrogen-bond donors (Lipinski definition) is 1. The maximum Gasteiger partial charge on any atom is 0.220 e. The first-order valence-electron chi connectivity index (χ1n) is 11.0. The number of primary amides is 1. The largest absolute Gasteiger partial charge is 0.369 e. The molecular weight excluding hydrogens is 294 g/mol. The Balaban J connectivity index is 1.93. The lowest BCUT2D eigenvalue weighted by Gasteiger charge is -2.28. The molecule has 0 bridgehead atoms. The second kappa shape index (κ2) is 14.8. The van der Waals surface area contributed by atoms with Gasteiger partial charge >= 0.3 is 0 Å². The van der Waals surface area contributed by atoms with E-state index >= 15 is 0 Å². The Bertz CT molecular complexity index is 296. The summed E-state index contributed by atoms with van der Waals surface area (Å²) < 4.78 is 0. The lowest BCUT2D eigenvalue weighted by Crippen LogP contribution is -2.31. The van der Waals surface area contributed by atoms with Gasteiger partial charge in [0.15, 0.2) is 0 Å².